The van der Waals surface area contributed by atoms with Crippen LogP contribution in [0.4, 0.5) is 5.69 Å². The average Bonchev–Trinajstić information content (AvgIpc) is 3.11. The number of hydrogen-bond donors (Lipinski definition) is 1. The highest BCUT2D eigenvalue weighted by Crippen LogP contribution is 2.41. The first-order valence-corrected chi connectivity index (χ1v) is 10.6. The van der Waals surface area contributed by atoms with Crippen molar-refractivity contribution >= 4 is 11.6 Å². The fourth-order valence-corrected chi connectivity index (χ4v) is 5.47. The van der Waals surface area contributed by atoms with Crippen molar-refractivity contribution in [3.8, 4) is 0 Å². The van der Waals surface area contributed by atoms with Gasteiger partial charge in [0.25, 0.3) is 0 Å². The first-order chi connectivity index (χ1) is 13.1. The molecule has 3 heterocycles. The Labute approximate surface area is 162 Å². The molecular formula is C22H33N3O2. The molecule has 1 aromatic rings. The van der Waals surface area contributed by atoms with Crippen LogP contribution in [-0.4, -0.2) is 72.7 Å². The Hall–Kier alpha value is -1.59. The molecule has 0 bridgehead atoms. The Bertz CT molecular complexity index is 669. The third-order valence-electron chi connectivity index (χ3n) is 7.01. The summed E-state index contributed by atoms with van der Waals surface area (Å²) in [6, 6.07) is 9.27. The highest BCUT2D eigenvalue weighted by atomic mass is 16.3. The number of aliphatic hydroxyl groups excluding tert-OH is 1. The van der Waals surface area contributed by atoms with Gasteiger partial charge in [0.2, 0.25) is 5.91 Å². The highest BCUT2D eigenvalue weighted by molar-refractivity contribution is 5.84. The third-order valence-corrected chi connectivity index (χ3v) is 7.01. The number of para-hydroxylation sites is 1. The lowest BCUT2D eigenvalue weighted by molar-refractivity contribution is -0.146. The van der Waals surface area contributed by atoms with Gasteiger partial charge in [-0.2, -0.15) is 0 Å². The molecule has 27 heavy (non-hydrogen) atoms. The van der Waals surface area contributed by atoms with Crippen LogP contribution >= 0.6 is 0 Å². The van der Waals surface area contributed by atoms with Crippen molar-refractivity contribution in [3.63, 3.8) is 0 Å². The van der Waals surface area contributed by atoms with E-state index in [0.717, 1.165) is 52.0 Å². The van der Waals surface area contributed by atoms with Gasteiger partial charge < -0.3 is 14.9 Å². The number of hydrogen-bond acceptors (Lipinski definition) is 4. The molecule has 0 aromatic heterocycles. The first-order valence-electron chi connectivity index (χ1n) is 10.6. The average molecular weight is 372 g/mol. The number of amides is 1. The van der Waals surface area contributed by atoms with E-state index in [1.54, 1.807) is 0 Å². The van der Waals surface area contributed by atoms with Crippen molar-refractivity contribution in [3.05, 3.63) is 29.8 Å². The van der Waals surface area contributed by atoms with Gasteiger partial charge >= 0.3 is 0 Å². The minimum atomic E-state index is -0.180. The van der Waals surface area contributed by atoms with Gasteiger partial charge in [-0.3, -0.25) is 9.69 Å². The van der Waals surface area contributed by atoms with Crippen LogP contribution in [0.15, 0.2) is 24.3 Å². The van der Waals surface area contributed by atoms with Crippen LogP contribution in [0.2, 0.25) is 0 Å². The second-order valence-corrected chi connectivity index (χ2v) is 8.62. The minimum absolute atomic E-state index is 0.0723. The smallest absolute Gasteiger partial charge is 0.230 e. The van der Waals surface area contributed by atoms with E-state index in [4.69, 9.17) is 0 Å². The molecule has 3 aliphatic rings. The van der Waals surface area contributed by atoms with Crippen LogP contribution in [0, 0.1) is 12.3 Å². The van der Waals surface area contributed by atoms with Gasteiger partial charge in [-0.15, -0.1) is 0 Å². The molecule has 1 amide bonds. The number of aryl methyl sites for hydroxylation is 1. The molecule has 4 rings (SSSR count). The van der Waals surface area contributed by atoms with Crippen LogP contribution in [-0.2, 0) is 4.79 Å². The molecule has 0 radical (unpaired) electrons. The van der Waals surface area contributed by atoms with Crippen molar-refractivity contribution < 1.29 is 9.90 Å². The molecule has 3 aliphatic heterocycles. The summed E-state index contributed by atoms with van der Waals surface area (Å²) in [5, 5.41) is 9.25. The summed E-state index contributed by atoms with van der Waals surface area (Å²) in [7, 11) is 0. The van der Waals surface area contributed by atoms with E-state index >= 15 is 0 Å². The Morgan fingerprint density at radius 1 is 1.11 bits per heavy atom. The molecule has 1 N–H and O–H groups in total. The summed E-state index contributed by atoms with van der Waals surface area (Å²) >= 11 is 0. The molecule has 148 valence electrons. The third kappa shape index (κ3) is 3.59. The molecule has 3 saturated heterocycles. The van der Waals surface area contributed by atoms with Gasteiger partial charge in [0.05, 0.1) is 12.0 Å². The zero-order valence-corrected chi connectivity index (χ0v) is 16.6. The predicted octanol–water partition coefficient (Wildman–Crippen LogP) is 2.27. The number of anilines is 1. The maximum absolute atomic E-state index is 13.0. The fraction of sp³-hybridized carbons (Fsp3) is 0.682. The van der Waals surface area contributed by atoms with Crippen LogP contribution in [0.1, 0.15) is 37.7 Å². The Morgan fingerprint density at radius 2 is 1.89 bits per heavy atom. The number of aliphatic hydroxyl groups is 1. The molecule has 0 unspecified atom stereocenters. The van der Waals surface area contributed by atoms with E-state index in [0.29, 0.717) is 18.5 Å². The molecule has 0 aliphatic carbocycles. The lowest BCUT2D eigenvalue weighted by atomic mass is 9.78. The maximum atomic E-state index is 13.0. The van der Waals surface area contributed by atoms with Crippen LogP contribution in [0.5, 0.6) is 0 Å². The van der Waals surface area contributed by atoms with Crippen molar-refractivity contribution in [2.75, 3.05) is 50.8 Å². The SMILES string of the molecule is Cc1ccccc1N1CCC(N2CC[C@]3(CCCN(CCO)C3=O)C2)CC1. The standard InChI is InChI=1S/C22H33N3O2/c1-18-5-2-3-6-20(18)23-12-7-19(8-13-23)25-14-10-22(17-25)9-4-11-24(15-16-26)21(22)27/h2-3,5-6,19,26H,4,7-17H2,1H3/t22-/m1/s1. The number of carbonyl (C=O) groups is 1. The van der Waals surface area contributed by atoms with Gasteiger partial charge in [0.15, 0.2) is 0 Å². The van der Waals surface area contributed by atoms with Gasteiger partial charge in [-0.05, 0) is 57.2 Å². The van der Waals surface area contributed by atoms with Crippen molar-refractivity contribution in [1.82, 2.24) is 9.80 Å². The number of benzene rings is 1. The summed E-state index contributed by atoms with van der Waals surface area (Å²) in [6.07, 6.45) is 5.45. The number of piperidine rings is 2. The summed E-state index contributed by atoms with van der Waals surface area (Å²) in [5.74, 6) is 0.294. The van der Waals surface area contributed by atoms with Crippen molar-refractivity contribution in [2.24, 2.45) is 5.41 Å². The van der Waals surface area contributed by atoms with Crippen LogP contribution in [0.3, 0.4) is 0 Å². The number of β-amino-alcohol motifs (C(OH)–C–C–N with tert-alkyl or cyclic N) is 1. The van der Waals surface area contributed by atoms with E-state index in [1.807, 2.05) is 4.90 Å². The molecule has 1 atom stereocenters. The van der Waals surface area contributed by atoms with E-state index in [-0.39, 0.29) is 12.0 Å². The zero-order valence-electron chi connectivity index (χ0n) is 16.6. The number of rotatable bonds is 4. The van der Waals surface area contributed by atoms with Crippen LogP contribution < -0.4 is 4.90 Å². The quantitative estimate of drug-likeness (QED) is 0.882. The molecule has 3 fully saturated rings. The van der Waals surface area contributed by atoms with Gasteiger partial charge in [0, 0.05) is 44.5 Å². The summed E-state index contributed by atoms with van der Waals surface area (Å²) in [4.78, 5) is 20.0. The normalized spacial score (nSPS) is 27.7. The topological polar surface area (TPSA) is 47.0 Å². The molecule has 1 aromatic carbocycles. The largest absolute Gasteiger partial charge is 0.395 e. The van der Waals surface area contributed by atoms with E-state index in [2.05, 4.69) is 41.0 Å². The van der Waals surface area contributed by atoms with E-state index in [1.165, 1.54) is 24.1 Å². The predicted molar refractivity (Wildman–Crippen MR) is 108 cm³/mol. The van der Waals surface area contributed by atoms with Crippen molar-refractivity contribution in [2.45, 2.75) is 45.1 Å². The van der Waals surface area contributed by atoms with E-state index in [9.17, 15) is 9.90 Å². The number of carbonyl (C=O) groups excluding carboxylic acids is 1. The lowest BCUT2D eigenvalue weighted by Crippen LogP contribution is -2.52. The van der Waals surface area contributed by atoms with E-state index < -0.39 is 0 Å². The highest BCUT2D eigenvalue weighted by Gasteiger charge is 2.49. The summed E-state index contributed by atoms with van der Waals surface area (Å²) in [5.41, 5.74) is 2.55. The Kier molecular flexibility index (Phi) is 5.42. The van der Waals surface area contributed by atoms with Gasteiger partial charge in [0.1, 0.15) is 0 Å². The minimum Gasteiger partial charge on any atom is -0.395 e. The second kappa shape index (κ2) is 7.80. The number of likely N-dealkylation sites (tertiary alicyclic amines) is 2. The Morgan fingerprint density at radius 3 is 2.63 bits per heavy atom. The van der Waals surface area contributed by atoms with Gasteiger partial charge in [-0.1, -0.05) is 18.2 Å². The van der Waals surface area contributed by atoms with Crippen molar-refractivity contribution in [1.29, 1.82) is 0 Å². The lowest BCUT2D eigenvalue weighted by Gasteiger charge is -2.41. The fourth-order valence-electron chi connectivity index (χ4n) is 5.47. The van der Waals surface area contributed by atoms with Crippen LogP contribution in [0.25, 0.3) is 0 Å². The molecule has 5 nitrogen and oxygen atoms in total. The van der Waals surface area contributed by atoms with Gasteiger partial charge in [-0.25, -0.2) is 0 Å². The summed E-state index contributed by atoms with van der Waals surface area (Å²) in [6.45, 7) is 7.75. The maximum Gasteiger partial charge on any atom is 0.230 e. The number of nitrogens with zero attached hydrogens (tertiary/aromatic N) is 3. The molecule has 5 heteroatoms. The molecular weight excluding hydrogens is 338 g/mol. The Balaban J connectivity index is 1.36. The zero-order chi connectivity index (χ0) is 18.9. The monoisotopic (exact) mass is 371 g/mol. The second-order valence-electron chi connectivity index (χ2n) is 8.62. The summed E-state index contributed by atoms with van der Waals surface area (Å²) < 4.78 is 0. The first kappa shape index (κ1) is 18.8. The molecule has 1 spiro atoms. The molecule has 0 saturated carbocycles.